The monoisotopic (exact) mass is 470 g/mol. The quantitative estimate of drug-likeness (QED) is 0.404. The van der Waals surface area contributed by atoms with Gasteiger partial charge in [-0.15, -0.1) is 0 Å². The number of hydrogen-bond acceptors (Lipinski definition) is 7. The lowest BCUT2D eigenvalue weighted by Gasteiger charge is -2.24. The molecule has 27 heavy (non-hydrogen) atoms. The minimum Gasteiger partial charge on any atom is -0.386 e. The Morgan fingerprint density at radius 2 is 2.22 bits per heavy atom. The summed E-state index contributed by atoms with van der Waals surface area (Å²) in [5.41, 5.74) is 4.60. The maximum Gasteiger partial charge on any atom is 0.351 e. The van der Waals surface area contributed by atoms with Crippen molar-refractivity contribution in [3.8, 4) is 0 Å². The van der Waals surface area contributed by atoms with Crippen molar-refractivity contribution in [3.05, 3.63) is 22.7 Å². The number of rotatable bonds is 7. The maximum atomic E-state index is 15.0. The minimum atomic E-state index is -3.21. The molecule has 0 saturated carbocycles. The predicted molar refractivity (Wildman–Crippen MR) is 103 cm³/mol. The first-order valence-corrected chi connectivity index (χ1v) is 11.3. The lowest BCUT2D eigenvalue weighted by Crippen LogP contribution is -2.40. The Morgan fingerprint density at radius 1 is 1.59 bits per heavy atom. The molecule has 2 heterocycles. The van der Waals surface area contributed by atoms with E-state index in [2.05, 4.69) is 26.0 Å². The molecule has 1 aliphatic heterocycles. The van der Waals surface area contributed by atoms with Crippen LogP contribution < -0.4 is 16.5 Å². The first kappa shape index (κ1) is 22.4. The van der Waals surface area contributed by atoms with Gasteiger partial charge in [0.2, 0.25) is 4.58 Å². The van der Waals surface area contributed by atoms with Gasteiger partial charge in [-0.25, -0.2) is 14.3 Å². The number of ether oxygens (including phenoxy) is 1. The van der Waals surface area contributed by atoms with Crippen LogP contribution in [0, 0.1) is 5.92 Å². The molecule has 1 fully saturated rings. The van der Waals surface area contributed by atoms with E-state index in [4.69, 9.17) is 15.0 Å². The average molecular weight is 471 g/mol. The summed E-state index contributed by atoms with van der Waals surface area (Å²) in [5.74, 6) is 0.205. The zero-order valence-electron chi connectivity index (χ0n) is 15.5. The molecule has 6 atom stereocenters. The van der Waals surface area contributed by atoms with Crippen molar-refractivity contribution in [2.45, 2.75) is 49.8 Å². The molecule has 154 valence electrons. The van der Waals surface area contributed by atoms with Gasteiger partial charge in [0.05, 0.1) is 6.61 Å². The highest BCUT2D eigenvalue weighted by Gasteiger charge is 2.57. The molecule has 0 aromatic carbocycles. The van der Waals surface area contributed by atoms with E-state index in [1.165, 1.54) is 18.9 Å². The molecular weight excluding hydrogens is 446 g/mol. The van der Waals surface area contributed by atoms with Crippen molar-refractivity contribution in [1.82, 2.24) is 14.6 Å². The Balaban J connectivity index is 2.11. The smallest absolute Gasteiger partial charge is 0.351 e. The minimum absolute atomic E-state index is 0.0222. The summed E-state index contributed by atoms with van der Waals surface area (Å²) in [6, 6.07) is 1.24. The van der Waals surface area contributed by atoms with Crippen molar-refractivity contribution < 1.29 is 23.3 Å². The second-order valence-corrected chi connectivity index (χ2v) is 10.4. The van der Waals surface area contributed by atoms with E-state index < -0.39 is 36.2 Å². The van der Waals surface area contributed by atoms with E-state index in [1.54, 1.807) is 0 Å². The average Bonchev–Trinajstić information content (AvgIpc) is 2.76. The van der Waals surface area contributed by atoms with Gasteiger partial charge >= 0.3 is 5.69 Å². The normalized spacial score (nSPS) is 31.8. The molecule has 1 aromatic rings. The SMILES string of the molecule is CC(C)[C@H](C)NP(C)(=O)OC[C@H]1O[C@@H](n2ccc(N)nc2=O)C(F)(Br)[C@H]1O. The summed E-state index contributed by atoms with van der Waals surface area (Å²) in [6.07, 6.45) is -3.11. The Morgan fingerprint density at radius 3 is 2.78 bits per heavy atom. The fourth-order valence-electron chi connectivity index (χ4n) is 2.48. The summed E-state index contributed by atoms with van der Waals surface area (Å²) < 4.78 is 36.8. The highest BCUT2D eigenvalue weighted by molar-refractivity contribution is 9.10. The largest absolute Gasteiger partial charge is 0.386 e. The summed E-state index contributed by atoms with van der Waals surface area (Å²) in [7, 11) is -3.21. The first-order chi connectivity index (χ1) is 12.3. The second kappa shape index (κ2) is 8.26. The number of nitrogen functional groups attached to an aromatic ring is 1. The number of aromatic nitrogens is 2. The van der Waals surface area contributed by atoms with Crippen molar-refractivity contribution >= 4 is 29.3 Å². The number of nitrogens with one attached hydrogen (secondary N) is 1. The third-order valence-electron chi connectivity index (χ3n) is 4.41. The van der Waals surface area contributed by atoms with E-state index in [9.17, 15) is 14.5 Å². The molecule has 9 nitrogen and oxygen atoms in total. The Hall–Kier alpha value is -0.840. The van der Waals surface area contributed by atoms with Crippen LogP contribution in [0.1, 0.15) is 27.0 Å². The van der Waals surface area contributed by atoms with E-state index >= 15 is 4.39 Å². The van der Waals surface area contributed by atoms with E-state index in [-0.39, 0.29) is 24.4 Å². The number of anilines is 1. The molecule has 1 saturated heterocycles. The van der Waals surface area contributed by atoms with Crippen LogP contribution >= 0.6 is 23.4 Å². The molecule has 2 rings (SSSR count). The first-order valence-electron chi connectivity index (χ1n) is 8.41. The van der Waals surface area contributed by atoms with Crippen molar-refractivity contribution in [1.29, 1.82) is 0 Å². The maximum absolute atomic E-state index is 15.0. The topological polar surface area (TPSA) is 129 Å². The van der Waals surface area contributed by atoms with Gasteiger partial charge in [0, 0.05) is 18.9 Å². The molecule has 2 unspecified atom stereocenters. The summed E-state index contributed by atoms with van der Waals surface area (Å²) in [6.45, 7) is 6.86. The highest BCUT2D eigenvalue weighted by atomic mass is 79.9. The summed E-state index contributed by atoms with van der Waals surface area (Å²) in [4.78, 5) is 15.5. The number of nitrogens with zero attached hydrogens (tertiary/aromatic N) is 2. The lowest BCUT2D eigenvalue weighted by atomic mass is 10.1. The molecular formula is C15H25BrFN4O5P. The summed E-state index contributed by atoms with van der Waals surface area (Å²) in [5, 5.41) is 13.1. The van der Waals surface area contributed by atoms with Crippen molar-refractivity contribution in [3.63, 3.8) is 0 Å². The van der Waals surface area contributed by atoms with Gasteiger partial charge < -0.3 is 20.1 Å². The van der Waals surface area contributed by atoms with Crippen LogP contribution in [-0.2, 0) is 13.8 Å². The number of alkyl halides is 2. The lowest BCUT2D eigenvalue weighted by molar-refractivity contribution is -0.0462. The fraction of sp³-hybridized carbons (Fsp3) is 0.733. The van der Waals surface area contributed by atoms with Gasteiger partial charge in [0.25, 0.3) is 7.52 Å². The number of halogens is 2. The van der Waals surface area contributed by atoms with E-state index in [1.807, 2.05) is 20.8 Å². The molecule has 1 aliphatic rings. The fourth-order valence-corrected chi connectivity index (χ4v) is 4.65. The molecule has 0 amide bonds. The molecule has 12 heteroatoms. The van der Waals surface area contributed by atoms with E-state index in [0.717, 1.165) is 4.57 Å². The summed E-state index contributed by atoms with van der Waals surface area (Å²) >= 11 is 2.78. The Kier molecular flexibility index (Phi) is 6.87. The molecule has 4 N–H and O–H groups in total. The van der Waals surface area contributed by atoms with Crippen molar-refractivity contribution in [2.24, 2.45) is 5.92 Å². The van der Waals surface area contributed by atoms with Gasteiger partial charge in [-0.2, -0.15) is 4.98 Å². The van der Waals surface area contributed by atoms with E-state index in [0.29, 0.717) is 0 Å². The molecule has 0 radical (unpaired) electrons. The third-order valence-corrected chi connectivity index (χ3v) is 6.79. The molecule has 0 bridgehead atoms. The Bertz CT molecular complexity index is 777. The van der Waals surface area contributed by atoms with Gasteiger partial charge in [0.15, 0.2) is 6.23 Å². The number of aliphatic hydroxyl groups is 1. The van der Waals surface area contributed by atoms with Gasteiger partial charge in [-0.05, 0) is 34.8 Å². The second-order valence-electron chi connectivity index (χ2n) is 6.99. The molecule has 1 aromatic heterocycles. The van der Waals surface area contributed by atoms with Crippen LogP contribution in [0.15, 0.2) is 17.1 Å². The number of aliphatic hydroxyl groups excluding tert-OH is 1. The van der Waals surface area contributed by atoms with Gasteiger partial charge in [-0.1, -0.05) is 13.8 Å². The van der Waals surface area contributed by atoms with Crippen LogP contribution in [0.3, 0.4) is 0 Å². The zero-order chi connectivity index (χ0) is 20.6. The van der Waals surface area contributed by atoms with Gasteiger partial charge in [0.1, 0.15) is 18.0 Å². The standard InChI is InChI=1S/C15H25BrFN4O5P/c1-8(2)9(3)20-27(4,24)25-7-10-12(22)15(16,17)13(26-10)21-6-5-11(18)19-14(21)23/h5-6,8-10,12-13,22H,7H2,1-4H3,(H,20,24)(H2,18,19,23)/t9-,10+,12-,13+,15?,27?/m0/s1. The third kappa shape index (κ3) is 5.16. The number of hydrogen-bond donors (Lipinski definition) is 3. The zero-order valence-corrected chi connectivity index (χ0v) is 18.0. The van der Waals surface area contributed by atoms with Crippen LogP contribution in [0.5, 0.6) is 0 Å². The van der Waals surface area contributed by atoms with Crippen LogP contribution in [0.2, 0.25) is 0 Å². The van der Waals surface area contributed by atoms with Crippen LogP contribution in [0.25, 0.3) is 0 Å². The predicted octanol–water partition coefficient (Wildman–Crippen LogP) is 1.62. The highest BCUT2D eigenvalue weighted by Crippen LogP contribution is 2.47. The Labute approximate surface area is 165 Å². The van der Waals surface area contributed by atoms with Gasteiger partial charge in [-0.3, -0.25) is 9.13 Å². The molecule has 0 spiro atoms. The van der Waals surface area contributed by atoms with Crippen LogP contribution in [-0.4, -0.2) is 50.8 Å². The van der Waals surface area contributed by atoms with Crippen molar-refractivity contribution in [2.75, 3.05) is 19.0 Å². The van der Waals surface area contributed by atoms with Crippen LogP contribution in [0.4, 0.5) is 10.2 Å². The molecule has 0 aliphatic carbocycles. The number of nitrogens with two attached hydrogens (primary N) is 1.